The Morgan fingerprint density at radius 3 is 2.77 bits per heavy atom. The van der Waals surface area contributed by atoms with Gasteiger partial charge in [0.25, 0.3) is 0 Å². The third kappa shape index (κ3) is 2.63. The molecule has 0 saturated heterocycles. The number of pyridine rings is 1. The maximum atomic E-state index is 13.6. The van der Waals surface area contributed by atoms with Gasteiger partial charge in [-0.2, -0.15) is 0 Å². The third-order valence-corrected chi connectivity index (χ3v) is 3.82. The normalized spacial score (nSPS) is 12.5. The lowest BCUT2D eigenvalue weighted by atomic mass is 9.96. The van der Waals surface area contributed by atoms with Crippen molar-refractivity contribution in [3.63, 3.8) is 0 Å². The van der Waals surface area contributed by atoms with Crippen LogP contribution in [0.1, 0.15) is 17.2 Å². The monoisotopic (exact) mass is 316 g/mol. The summed E-state index contributed by atoms with van der Waals surface area (Å²) in [6.07, 6.45) is 1.62. The SMILES string of the molecule is CNC(c1cc(F)cc(Cl)c1)c1ccc2cccnc2c1O. The summed E-state index contributed by atoms with van der Waals surface area (Å²) >= 11 is 5.93. The van der Waals surface area contributed by atoms with Crippen LogP contribution in [0.25, 0.3) is 10.9 Å². The van der Waals surface area contributed by atoms with Gasteiger partial charge in [-0.05, 0) is 36.9 Å². The molecule has 2 N–H and O–H groups in total. The lowest BCUT2D eigenvalue weighted by Gasteiger charge is -2.19. The molecule has 0 bridgehead atoms. The molecule has 0 aliphatic heterocycles. The quantitative estimate of drug-likeness (QED) is 0.766. The molecule has 0 amide bonds. The van der Waals surface area contributed by atoms with Crippen molar-refractivity contribution < 1.29 is 9.50 Å². The average Bonchev–Trinajstić information content (AvgIpc) is 2.49. The van der Waals surface area contributed by atoms with E-state index in [-0.39, 0.29) is 11.8 Å². The fourth-order valence-corrected chi connectivity index (χ4v) is 2.85. The van der Waals surface area contributed by atoms with Gasteiger partial charge in [0.1, 0.15) is 17.1 Å². The number of hydrogen-bond donors (Lipinski definition) is 2. The van der Waals surface area contributed by atoms with E-state index >= 15 is 0 Å². The van der Waals surface area contributed by atoms with Gasteiger partial charge >= 0.3 is 0 Å². The zero-order valence-corrected chi connectivity index (χ0v) is 12.6. The van der Waals surface area contributed by atoms with E-state index in [4.69, 9.17) is 11.6 Å². The highest BCUT2D eigenvalue weighted by atomic mass is 35.5. The van der Waals surface area contributed by atoms with E-state index < -0.39 is 5.82 Å². The van der Waals surface area contributed by atoms with Gasteiger partial charge in [0.2, 0.25) is 0 Å². The number of nitrogens with zero attached hydrogens (tertiary/aromatic N) is 1. The first-order valence-electron chi connectivity index (χ1n) is 6.80. The third-order valence-electron chi connectivity index (χ3n) is 3.60. The van der Waals surface area contributed by atoms with Crippen LogP contribution < -0.4 is 5.32 Å². The number of aromatic nitrogens is 1. The molecule has 0 saturated carbocycles. The molecule has 3 aromatic rings. The molecular weight excluding hydrogens is 303 g/mol. The summed E-state index contributed by atoms with van der Waals surface area (Å²) in [6.45, 7) is 0. The Morgan fingerprint density at radius 2 is 2.05 bits per heavy atom. The molecule has 1 atom stereocenters. The summed E-state index contributed by atoms with van der Waals surface area (Å²) in [7, 11) is 1.74. The number of hydrogen-bond acceptors (Lipinski definition) is 3. The van der Waals surface area contributed by atoms with E-state index in [1.807, 2.05) is 18.2 Å². The smallest absolute Gasteiger partial charge is 0.146 e. The Hall–Kier alpha value is -2.17. The topological polar surface area (TPSA) is 45.2 Å². The molecule has 1 aromatic heterocycles. The summed E-state index contributed by atoms with van der Waals surface area (Å²) in [5, 5.41) is 14.8. The minimum Gasteiger partial charge on any atom is -0.505 e. The Labute approximate surface area is 132 Å². The highest BCUT2D eigenvalue weighted by Crippen LogP contribution is 2.35. The Kier molecular flexibility index (Phi) is 3.96. The minimum absolute atomic E-state index is 0.0813. The lowest BCUT2D eigenvalue weighted by molar-refractivity contribution is 0.465. The summed E-state index contributed by atoms with van der Waals surface area (Å²) < 4.78 is 13.6. The highest BCUT2D eigenvalue weighted by Gasteiger charge is 2.19. The van der Waals surface area contributed by atoms with E-state index in [1.54, 1.807) is 25.4 Å². The highest BCUT2D eigenvalue weighted by molar-refractivity contribution is 6.30. The number of benzene rings is 2. The molecule has 1 unspecified atom stereocenters. The van der Waals surface area contributed by atoms with Gasteiger partial charge < -0.3 is 10.4 Å². The van der Waals surface area contributed by atoms with Crippen molar-refractivity contribution in [1.82, 2.24) is 10.3 Å². The Balaban J connectivity index is 2.16. The fourth-order valence-electron chi connectivity index (χ4n) is 2.62. The van der Waals surface area contributed by atoms with E-state index in [0.717, 1.165) is 5.39 Å². The van der Waals surface area contributed by atoms with Crippen LogP contribution in [0.3, 0.4) is 0 Å². The Morgan fingerprint density at radius 1 is 1.23 bits per heavy atom. The van der Waals surface area contributed by atoms with Crippen LogP contribution >= 0.6 is 11.6 Å². The summed E-state index contributed by atoms with van der Waals surface area (Å²) in [5.74, 6) is -0.334. The van der Waals surface area contributed by atoms with Gasteiger partial charge in [-0.1, -0.05) is 29.8 Å². The maximum Gasteiger partial charge on any atom is 0.146 e. The fraction of sp³-hybridized carbons (Fsp3) is 0.118. The molecule has 3 rings (SSSR count). The first-order chi connectivity index (χ1) is 10.6. The van der Waals surface area contributed by atoms with E-state index in [9.17, 15) is 9.50 Å². The first-order valence-corrected chi connectivity index (χ1v) is 7.18. The molecule has 2 aromatic carbocycles. The summed E-state index contributed by atoms with van der Waals surface area (Å²) in [5.41, 5.74) is 1.77. The van der Waals surface area contributed by atoms with Gasteiger partial charge in [-0.15, -0.1) is 0 Å². The second kappa shape index (κ2) is 5.91. The van der Waals surface area contributed by atoms with Crippen molar-refractivity contribution in [2.75, 3.05) is 7.05 Å². The molecule has 3 nitrogen and oxygen atoms in total. The number of halogens is 2. The standard InChI is InChI=1S/C17H14ClFN2O/c1-20-15(11-7-12(18)9-13(19)8-11)14-5-4-10-3-2-6-21-16(10)17(14)22/h2-9,15,20,22H,1H3. The molecule has 112 valence electrons. The van der Waals surface area contributed by atoms with Crippen molar-refractivity contribution in [2.24, 2.45) is 0 Å². The van der Waals surface area contributed by atoms with Crippen molar-refractivity contribution in [3.8, 4) is 5.75 Å². The van der Waals surface area contributed by atoms with E-state index in [2.05, 4.69) is 10.3 Å². The zero-order chi connectivity index (χ0) is 15.7. The maximum absolute atomic E-state index is 13.6. The van der Waals surface area contributed by atoms with Gasteiger partial charge in [0.15, 0.2) is 0 Å². The van der Waals surface area contributed by atoms with Gasteiger partial charge in [0.05, 0.1) is 6.04 Å². The predicted octanol–water partition coefficient (Wildman–Crippen LogP) is 4.04. The molecule has 22 heavy (non-hydrogen) atoms. The van der Waals surface area contributed by atoms with Crippen LogP contribution in [0, 0.1) is 5.82 Å². The van der Waals surface area contributed by atoms with Crippen molar-refractivity contribution >= 4 is 22.5 Å². The van der Waals surface area contributed by atoms with E-state index in [1.165, 1.54) is 12.1 Å². The minimum atomic E-state index is -0.416. The molecule has 0 aliphatic rings. The van der Waals surface area contributed by atoms with Crippen molar-refractivity contribution in [1.29, 1.82) is 0 Å². The van der Waals surface area contributed by atoms with Crippen LogP contribution in [0.15, 0.2) is 48.7 Å². The second-order valence-corrected chi connectivity index (χ2v) is 5.44. The number of phenols is 1. The van der Waals surface area contributed by atoms with Gasteiger partial charge in [-0.3, -0.25) is 4.98 Å². The van der Waals surface area contributed by atoms with E-state index in [0.29, 0.717) is 21.7 Å². The molecule has 0 aliphatic carbocycles. The van der Waals surface area contributed by atoms with Gasteiger partial charge in [0, 0.05) is 22.2 Å². The number of nitrogens with one attached hydrogen (secondary N) is 1. The molecular formula is C17H14ClFN2O. The number of rotatable bonds is 3. The summed E-state index contributed by atoms with van der Waals surface area (Å²) in [4.78, 5) is 4.21. The number of phenolic OH excluding ortho intramolecular Hbond substituents is 1. The number of aromatic hydroxyl groups is 1. The molecule has 1 heterocycles. The van der Waals surface area contributed by atoms with Crippen LogP contribution in [0.4, 0.5) is 4.39 Å². The first kappa shape index (κ1) is 14.8. The molecule has 0 spiro atoms. The van der Waals surface area contributed by atoms with Crippen molar-refractivity contribution in [2.45, 2.75) is 6.04 Å². The van der Waals surface area contributed by atoms with Gasteiger partial charge in [-0.25, -0.2) is 4.39 Å². The molecule has 5 heteroatoms. The lowest BCUT2D eigenvalue weighted by Crippen LogP contribution is -2.18. The summed E-state index contributed by atoms with van der Waals surface area (Å²) in [6, 6.07) is 11.3. The zero-order valence-electron chi connectivity index (χ0n) is 11.8. The molecule has 0 radical (unpaired) electrons. The predicted molar refractivity (Wildman–Crippen MR) is 85.7 cm³/mol. The Bertz CT molecular complexity index is 818. The van der Waals surface area contributed by atoms with Crippen LogP contribution in [0.5, 0.6) is 5.75 Å². The van der Waals surface area contributed by atoms with Crippen LogP contribution in [-0.4, -0.2) is 17.1 Å². The molecule has 0 fully saturated rings. The van der Waals surface area contributed by atoms with Crippen LogP contribution in [-0.2, 0) is 0 Å². The second-order valence-electron chi connectivity index (χ2n) is 5.00. The average molecular weight is 317 g/mol. The van der Waals surface area contributed by atoms with Crippen LogP contribution in [0.2, 0.25) is 5.02 Å². The number of fused-ring (bicyclic) bond motifs is 1. The largest absolute Gasteiger partial charge is 0.505 e. The van der Waals surface area contributed by atoms with Crippen molar-refractivity contribution in [3.05, 3.63) is 70.6 Å².